The maximum absolute atomic E-state index is 11.5. The summed E-state index contributed by atoms with van der Waals surface area (Å²) in [6, 6.07) is 15.2. The fraction of sp³-hybridized carbons (Fsp3) is 0.259. The minimum Gasteiger partial charge on any atom is -0.487 e. The van der Waals surface area contributed by atoms with Crippen LogP contribution in [-0.4, -0.2) is 16.1 Å². The number of aliphatic carboxylic acids is 1. The molecule has 0 bridgehead atoms. The zero-order valence-electron chi connectivity index (χ0n) is 19.1. The molecule has 1 aromatic heterocycles. The van der Waals surface area contributed by atoms with Crippen LogP contribution in [0.3, 0.4) is 0 Å². The van der Waals surface area contributed by atoms with Crippen LogP contribution >= 0.6 is 11.6 Å². The second-order valence-corrected chi connectivity index (χ2v) is 8.33. The molecule has 0 aliphatic rings. The van der Waals surface area contributed by atoms with E-state index in [1.807, 2.05) is 39.0 Å². The Bertz CT molecular complexity index is 1120. The number of ether oxygens (including phenoxy) is 2. The Hall–Kier alpha value is -3.31. The number of halogens is 1. The van der Waals surface area contributed by atoms with Crippen molar-refractivity contribution in [1.29, 1.82) is 0 Å². The lowest BCUT2D eigenvalue weighted by atomic mass is 10.0. The summed E-state index contributed by atoms with van der Waals surface area (Å²) in [5, 5.41) is 9.87. The zero-order valence-corrected chi connectivity index (χ0v) is 19.9. The van der Waals surface area contributed by atoms with Crippen LogP contribution in [0.15, 0.2) is 60.3 Å². The van der Waals surface area contributed by atoms with Crippen LogP contribution in [0.5, 0.6) is 17.4 Å². The Kier molecular flexibility index (Phi) is 8.50. The zero-order chi connectivity index (χ0) is 23.8. The third kappa shape index (κ3) is 7.09. The molecule has 5 nitrogen and oxygen atoms in total. The van der Waals surface area contributed by atoms with Crippen LogP contribution in [0.4, 0.5) is 0 Å². The normalized spacial score (nSPS) is 11.3. The fourth-order valence-electron chi connectivity index (χ4n) is 3.18. The van der Waals surface area contributed by atoms with Crippen molar-refractivity contribution in [3.8, 4) is 17.4 Å². The van der Waals surface area contributed by atoms with Gasteiger partial charge in [-0.25, -0.2) is 9.78 Å². The van der Waals surface area contributed by atoms with Gasteiger partial charge >= 0.3 is 5.97 Å². The number of rotatable bonds is 10. The predicted molar refractivity (Wildman–Crippen MR) is 131 cm³/mol. The molecule has 1 N–H and O–H groups in total. The van der Waals surface area contributed by atoms with E-state index in [1.54, 1.807) is 30.5 Å². The molecular weight excluding hydrogens is 438 g/mol. The van der Waals surface area contributed by atoms with Crippen molar-refractivity contribution in [2.75, 3.05) is 0 Å². The molecule has 0 aliphatic carbocycles. The van der Waals surface area contributed by atoms with Gasteiger partial charge in [-0.3, -0.25) is 0 Å². The smallest absolute Gasteiger partial charge is 0.331 e. The molecule has 2 aromatic carbocycles. The van der Waals surface area contributed by atoms with Gasteiger partial charge in [0.1, 0.15) is 18.1 Å². The first-order valence-electron chi connectivity index (χ1n) is 10.9. The van der Waals surface area contributed by atoms with Gasteiger partial charge < -0.3 is 14.6 Å². The molecule has 0 fully saturated rings. The van der Waals surface area contributed by atoms with Crippen molar-refractivity contribution in [1.82, 2.24) is 4.98 Å². The first kappa shape index (κ1) is 24.3. The van der Waals surface area contributed by atoms with E-state index in [0.717, 1.165) is 24.0 Å². The van der Waals surface area contributed by atoms with Gasteiger partial charge in [0.2, 0.25) is 5.88 Å². The SMILES string of the molecule is CCCCC(=Cc1cc(C)c(Oc2ccc(OCc3ccc(C)cc3)cn2)cc1Cl)C(=O)O. The first-order chi connectivity index (χ1) is 15.9. The van der Waals surface area contributed by atoms with Gasteiger partial charge in [0.15, 0.2) is 0 Å². The lowest BCUT2D eigenvalue weighted by molar-refractivity contribution is -0.132. The van der Waals surface area contributed by atoms with Crippen LogP contribution in [0.1, 0.15) is 48.4 Å². The van der Waals surface area contributed by atoms with E-state index in [0.29, 0.717) is 46.6 Å². The van der Waals surface area contributed by atoms with Crippen LogP contribution in [0, 0.1) is 13.8 Å². The number of aryl methyl sites for hydroxylation is 2. The van der Waals surface area contributed by atoms with Crippen molar-refractivity contribution in [2.45, 2.75) is 46.6 Å². The number of carboxylic acids is 1. The minimum atomic E-state index is -0.925. The Balaban J connectivity index is 1.68. The largest absolute Gasteiger partial charge is 0.487 e. The van der Waals surface area contributed by atoms with Gasteiger partial charge in [0.05, 0.1) is 11.2 Å². The van der Waals surface area contributed by atoms with Gasteiger partial charge in [-0.05, 0) is 61.6 Å². The Morgan fingerprint density at radius 2 is 1.88 bits per heavy atom. The van der Waals surface area contributed by atoms with Gasteiger partial charge in [-0.1, -0.05) is 54.8 Å². The van der Waals surface area contributed by atoms with E-state index in [-0.39, 0.29) is 0 Å². The number of nitrogens with zero attached hydrogens (tertiary/aromatic N) is 1. The third-order valence-corrected chi connectivity index (χ3v) is 5.48. The summed E-state index contributed by atoms with van der Waals surface area (Å²) in [6.45, 7) is 6.42. The van der Waals surface area contributed by atoms with Crippen molar-refractivity contribution in [3.63, 3.8) is 0 Å². The number of hydrogen-bond acceptors (Lipinski definition) is 4. The standard InChI is InChI=1S/C27H28ClNO4/c1-4-5-6-21(27(30)31)14-22-13-19(3)25(15-24(22)28)33-26-12-11-23(16-29-26)32-17-20-9-7-18(2)8-10-20/h7-16H,4-6,17H2,1-3H3,(H,30,31). The molecule has 0 amide bonds. The van der Waals surface area contributed by atoms with Crippen molar-refractivity contribution in [2.24, 2.45) is 0 Å². The molecule has 0 aliphatic heterocycles. The molecule has 172 valence electrons. The summed E-state index contributed by atoms with van der Waals surface area (Å²) in [5.74, 6) is 0.690. The van der Waals surface area contributed by atoms with Crippen LogP contribution in [0.25, 0.3) is 6.08 Å². The second-order valence-electron chi connectivity index (χ2n) is 7.93. The molecule has 6 heteroatoms. The quantitative estimate of drug-likeness (QED) is 0.316. The monoisotopic (exact) mass is 465 g/mol. The number of carboxylic acid groups (broad SMARTS) is 1. The number of pyridine rings is 1. The highest BCUT2D eigenvalue weighted by molar-refractivity contribution is 6.32. The molecule has 0 radical (unpaired) electrons. The van der Waals surface area contributed by atoms with Crippen molar-refractivity contribution >= 4 is 23.6 Å². The van der Waals surface area contributed by atoms with E-state index in [2.05, 4.69) is 17.1 Å². The second kappa shape index (κ2) is 11.5. The minimum absolute atomic E-state index is 0.342. The maximum Gasteiger partial charge on any atom is 0.331 e. The van der Waals surface area contributed by atoms with E-state index < -0.39 is 5.97 Å². The number of carbonyl (C=O) groups is 1. The number of unbranched alkanes of at least 4 members (excludes halogenated alkanes) is 1. The van der Waals surface area contributed by atoms with E-state index in [1.165, 1.54) is 5.56 Å². The predicted octanol–water partition coefficient (Wildman–Crippen LogP) is 7.38. The molecule has 33 heavy (non-hydrogen) atoms. The summed E-state index contributed by atoms with van der Waals surface area (Å²) >= 11 is 6.43. The highest BCUT2D eigenvalue weighted by atomic mass is 35.5. The highest BCUT2D eigenvalue weighted by Gasteiger charge is 2.12. The lowest BCUT2D eigenvalue weighted by Crippen LogP contribution is -2.01. The van der Waals surface area contributed by atoms with E-state index in [9.17, 15) is 9.90 Å². The van der Waals surface area contributed by atoms with Gasteiger partial charge in [0, 0.05) is 17.7 Å². The molecular formula is C27H28ClNO4. The molecule has 0 atom stereocenters. The van der Waals surface area contributed by atoms with Crippen LogP contribution in [-0.2, 0) is 11.4 Å². The molecule has 0 spiro atoms. The molecule has 0 saturated carbocycles. The number of hydrogen-bond donors (Lipinski definition) is 1. The summed E-state index contributed by atoms with van der Waals surface area (Å²) in [4.78, 5) is 15.8. The first-order valence-corrected chi connectivity index (χ1v) is 11.3. The molecule has 0 saturated heterocycles. The van der Waals surface area contributed by atoms with Crippen molar-refractivity contribution < 1.29 is 19.4 Å². The van der Waals surface area contributed by atoms with Crippen LogP contribution < -0.4 is 9.47 Å². The Labute approximate surface area is 199 Å². The average Bonchev–Trinajstić information content (AvgIpc) is 2.80. The number of benzene rings is 2. The average molecular weight is 466 g/mol. The van der Waals surface area contributed by atoms with Crippen molar-refractivity contribution in [3.05, 3.63) is 87.6 Å². The lowest BCUT2D eigenvalue weighted by Gasteiger charge is -2.12. The summed E-state index contributed by atoms with van der Waals surface area (Å²) in [7, 11) is 0. The molecule has 0 unspecified atom stereocenters. The summed E-state index contributed by atoms with van der Waals surface area (Å²) < 4.78 is 11.7. The Morgan fingerprint density at radius 1 is 1.12 bits per heavy atom. The summed E-state index contributed by atoms with van der Waals surface area (Å²) in [5.41, 5.74) is 4.12. The van der Waals surface area contributed by atoms with E-state index in [4.69, 9.17) is 21.1 Å². The van der Waals surface area contributed by atoms with Crippen LogP contribution in [0.2, 0.25) is 5.02 Å². The third-order valence-electron chi connectivity index (χ3n) is 5.15. The molecule has 1 heterocycles. The van der Waals surface area contributed by atoms with Gasteiger partial charge in [-0.2, -0.15) is 0 Å². The fourth-order valence-corrected chi connectivity index (χ4v) is 3.39. The molecule has 3 aromatic rings. The van der Waals surface area contributed by atoms with E-state index >= 15 is 0 Å². The molecule has 3 rings (SSSR count). The number of aromatic nitrogens is 1. The maximum atomic E-state index is 11.5. The van der Waals surface area contributed by atoms with Gasteiger partial charge in [-0.15, -0.1) is 0 Å². The topological polar surface area (TPSA) is 68.7 Å². The Morgan fingerprint density at radius 3 is 2.52 bits per heavy atom. The summed E-state index contributed by atoms with van der Waals surface area (Å²) in [6.07, 6.45) is 5.49. The highest BCUT2D eigenvalue weighted by Crippen LogP contribution is 2.32. The van der Waals surface area contributed by atoms with Gasteiger partial charge in [0.25, 0.3) is 0 Å².